The number of carbonyl (C=O) groups excluding carboxylic acids is 1. The molecule has 0 spiro atoms. The highest BCUT2D eigenvalue weighted by Crippen LogP contribution is 2.48. The molecular formula is C20H27N3O3. The van der Waals surface area contributed by atoms with Crippen LogP contribution in [0.4, 0.5) is 10.5 Å². The average Bonchev–Trinajstić information content (AvgIpc) is 3.34. The topological polar surface area (TPSA) is 72.9 Å². The number of para-hydroxylation sites is 1. The van der Waals surface area contributed by atoms with Crippen molar-refractivity contribution >= 4 is 17.7 Å². The van der Waals surface area contributed by atoms with Crippen LogP contribution in [0.2, 0.25) is 0 Å². The largest absolute Gasteiger partial charge is 0.481 e. The van der Waals surface area contributed by atoms with Gasteiger partial charge >= 0.3 is 12.0 Å². The molecule has 4 rings (SSSR count). The molecule has 6 heteroatoms. The first-order valence-corrected chi connectivity index (χ1v) is 9.65. The minimum atomic E-state index is -0.732. The lowest BCUT2D eigenvalue weighted by atomic mass is 9.81. The quantitative estimate of drug-likeness (QED) is 0.868. The van der Waals surface area contributed by atoms with Gasteiger partial charge in [0, 0.05) is 38.4 Å². The van der Waals surface area contributed by atoms with Crippen molar-refractivity contribution in [2.24, 2.45) is 17.3 Å². The Kier molecular flexibility index (Phi) is 4.51. The van der Waals surface area contributed by atoms with Gasteiger partial charge in [-0.3, -0.25) is 4.79 Å². The molecule has 2 heterocycles. The van der Waals surface area contributed by atoms with Gasteiger partial charge in [-0.25, -0.2) is 4.79 Å². The van der Waals surface area contributed by atoms with E-state index in [0.29, 0.717) is 32.0 Å². The molecular weight excluding hydrogens is 330 g/mol. The summed E-state index contributed by atoms with van der Waals surface area (Å²) in [6, 6.07) is 10.3. The van der Waals surface area contributed by atoms with Crippen LogP contribution in [-0.2, 0) is 4.79 Å². The van der Waals surface area contributed by atoms with Crippen molar-refractivity contribution in [1.29, 1.82) is 0 Å². The van der Waals surface area contributed by atoms with Gasteiger partial charge in [-0.15, -0.1) is 0 Å². The number of urea groups is 1. The third-order valence-corrected chi connectivity index (χ3v) is 6.53. The molecule has 3 atom stereocenters. The fourth-order valence-corrected chi connectivity index (χ4v) is 5.01. The molecule has 1 saturated carbocycles. The lowest BCUT2D eigenvalue weighted by molar-refractivity contribution is -0.149. The van der Waals surface area contributed by atoms with Crippen molar-refractivity contribution in [2.75, 3.05) is 37.6 Å². The molecule has 2 saturated heterocycles. The van der Waals surface area contributed by atoms with Crippen LogP contribution in [0.15, 0.2) is 30.3 Å². The molecule has 26 heavy (non-hydrogen) atoms. The van der Waals surface area contributed by atoms with Crippen LogP contribution in [0, 0.1) is 17.3 Å². The molecule has 6 nitrogen and oxygen atoms in total. The standard InChI is InChI=1S/C20H27N3O3/c24-18(25)20-9-4-5-16(20)13-23(14-20)19(26)21-11-15-8-10-22(12-15)17-6-2-1-3-7-17/h1-3,6-7,15-16H,4-5,8-14H2,(H,21,26)(H,24,25)/t15?,16-,20+/m0/s1. The van der Waals surface area contributed by atoms with Crippen LogP contribution in [0.25, 0.3) is 0 Å². The van der Waals surface area contributed by atoms with E-state index in [1.165, 1.54) is 5.69 Å². The maximum atomic E-state index is 12.6. The molecule has 0 aromatic heterocycles. The third kappa shape index (κ3) is 3.02. The summed E-state index contributed by atoms with van der Waals surface area (Å²) in [6.45, 7) is 3.56. The second-order valence-corrected chi connectivity index (χ2v) is 8.05. The van der Waals surface area contributed by atoms with Crippen LogP contribution in [0.1, 0.15) is 25.7 Å². The highest BCUT2D eigenvalue weighted by Gasteiger charge is 2.55. The molecule has 1 aliphatic carbocycles. The van der Waals surface area contributed by atoms with Crippen molar-refractivity contribution in [2.45, 2.75) is 25.7 Å². The summed E-state index contributed by atoms with van der Waals surface area (Å²) in [6.07, 6.45) is 3.65. The molecule has 1 aromatic carbocycles. The number of nitrogens with zero attached hydrogens (tertiary/aromatic N) is 2. The van der Waals surface area contributed by atoms with E-state index in [4.69, 9.17) is 0 Å². The predicted octanol–water partition coefficient (Wildman–Crippen LogP) is 2.41. The Morgan fingerprint density at radius 3 is 2.73 bits per heavy atom. The van der Waals surface area contributed by atoms with Crippen LogP contribution in [0.5, 0.6) is 0 Å². The summed E-state index contributed by atoms with van der Waals surface area (Å²) in [5.74, 6) is -0.176. The number of carbonyl (C=O) groups is 2. The van der Waals surface area contributed by atoms with Crippen molar-refractivity contribution < 1.29 is 14.7 Å². The Hall–Kier alpha value is -2.24. The van der Waals surface area contributed by atoms with Gasteiger partial charge in [-0.05, 0) is 43.2 Å². The second kappa shape index (κ2) is 6.82. The normalized spacial score (nSPS) is 30.5. The molecule has 0 radical (unpaired) electrons. The van der Waals surface area contributed by atoms with E-state index in [2.05, 4.69) is 22.3 Å². The van der Waals surface area contributed by atoms with Crippen LogP contribution >= 0.6 is 0 Å². The number of aliphatic carboxylic acids is 1. The van der Waals surface area contributed by atoms with E-state index in [-0.39, 0.29) is 11.9 Å². The van der Waals surface area contributed by atoms with Gasteiger partial charge in [0.1, 0.15) is 0 Å². The Balaban J connectivity index is 1.28. The van der Waals surface area contributed by atoms with Crippen molar-refractivity contribution in [3.8, 4) is 0 Å². The zero-order valence-corrected chi connectivity index (χ0v) is 15.1. The van der Waals surface area contributed by atoms with Crippen molar-refractivity contribution in [1.82, 2.24) is 10.2 Å². The van der Waals surface area contributed by atoms with Gasteiger partial charge in [0.15, 0.2) is 0 Å². The van der Waals surface area contributed by atoms with Crippen LogP contribution in [-0.4, -0.2) is 54.7 Å². The minimum absolute atomic E-state index is 0.0989. The van der Waals surface area contributed by atoms with Gasteiger partial charge in [0.05, 0.1) is 5.41 Å². The number of rotatable bonds is 4. The Bertz CT molecular complexity index is 680. The zero-order valence-electron chi connectivity index (χ0n) is 15.1. The predicted molar refractivity (Wildman–Crippen MR) is 99.1 cm³/mol. The van der Waals surface area contributed by atoms with Gasteiger partial charge in [0.2, 0.25) is 0 Å². The Labute approximate surface area is 154 Å². The first kappa shape index (κ1) is 17.2. The molecule has 2 N–H and O–H groups in total. The van der Waals surface area contributed by atoms with E-state index in [0.717, 1.165) is 32.4 Å². The lowest BCUT2D eigenvalue weighted by Crippen LogP contribution is -2.43. The smallest absolute Gasteiger partial charge is 0.317 e. The number of likely N-dealkylation sites (tertiary alicyclic amines) is 1. The molecule has 1 aromatic rings. The summed E-state index contributed by atoms with van der Waals surface area (Å²) >= 11 is 0. The van der Waals surface area contributed by atoms with E-state index in [1.807, 2.05) is 18.2 Å². The highest BCUT2D eigenvalue weighted by molar-refractivity contribution is 5.80. The van der Waals surface area contributed by atoms with Crippen molar-refractivity contribution in [3.05, 3.63) is 30.3 Å². The minimum Gasteiger partial charge on any atom is -0.481 e. The number of carboxylic acids is 1. The molecule has 1 unspecified atom stereocenters. The second-order valence-electron chi connectivity index (χ2n) is 8.05. The number of carboxylic acid groups (broad SMARTS) is 1. The number of fused-ring (bicyclic) bond motifs is 1. The van der Waals surface area contributed by atoms with Crippen LogP contribution < -0.4 is 10.2 Å². The van der Waals surface area contributed by atoms with Gasteiger partial charge in [-0.2, -0.15) is 0 Å². The number of hydrogen-bond donors (Lipinski definition) is 2. The first-order valence-electron chi connectivity index (χ1n) is 9.65. The monoisotopic (exact) mass is 357 g/mol. The number of anilines is 1. The van der Waals surface area contributed by atoms with E-state index in [9.17, 15) is 14.7 Å². The lowest BCUT2D eigenvalue weighted by Gasteiger charge is -2.24. The molecule has 140 valence electrons. The Morgan fingerprint density at radius 2 is 2.00 bits per heavy atom. The van der Waals surface area contributed by atoms with E-state index in [1.54, 1.807) is 4.90 Å². The number of nitrogens with one attached hydrogen (secondary N) is 1. The van der Waals surface area contributed by atoms with Gasteiger partial charge in [-0.1, -0.05) is 24.6 Å². The SMILES string of the molecule is O=C(NCC1CCN(c2ccccc2)C1)N1C[C@@H]2CCC[C@@]2(C(=O)O)C1. The maximum absolute atomic E-state index is 12.6. The summed E-state index contributed by atoms with van der Waals surface area (Å²) in [5, 5.41) is 12.7. The van der Waals surface area contributed by atoms with Crippen molar-refractivity contribution in [3.63, 3.8) is 0 Å². The fraction of sp³-hybridized carbons (Fsp3) is 0.600. The first-order chi connectivity index (χ1) is 12.6. The van der Waals surface area contributed by atoms with Gasteiger partial charge < -0.3 is 20.2 Å². The van der Waals surface area contributed by atoms with E-state index >= 15 is 0 Å². The third-order valence-electron chi connectivity index (χ3n) is 6.53. The number of amides is 2. The molecule has 2 aliphatic heterocycles. The molecule has 3 aliphatic rings. The summed E-state index contributed by atoms with van der Waals surface area (Å²) in [5.41, 5.74) is 0.534. The fourth-order valence-electron chi connectivity index (χ4n) is 5.01. The average molecular weight is 357 g/mol. The Morgan fingerprint density at radius 1 is 1.19 bits per heavy atom. The molecule has 3 fully saturated rings. The number of hydrogen-bond acceptors (Lipinski definition) is 3. The van der Waals surface area contributed by atoms with Gasteiger partial charge in [0.25, 0.3) is 0 Å². The molecule has 2 amide bonds. The summed E-state index contributed by atoms with van der Waals surface area (Å²) in [4.78, 5) is 28.4. The zero-order chi connectivity index (χ0) is 18.1. The summed E-state index contributed by atoms with van der Waals surface area (Å²) in [7, 11) is 0. The molecule has 0 bridgehead atoms. The van der Waals surface area contributed by atoms with Crippen LogP contribution in [0.3, 0.4) is 0 Å². The van der Waals surface area contributed by atoms with E-state index < -0.39 is 11.4 Å². The maximum Gasteiger partial charge on any atom is 0.317 e. The highest BCUT2D eigenvalue weighted by atomic mass is 16.4. The summed E-state index contributed by atoms with van der Waals surface area (Å²) < 4.78 is 0. The number of benzene rings is 1.